The Hall–Kier alpha value is -2.73. The van der Waals surface area contributed by atoms with E-state index in [-0.39, 0.29) is 18.1 Å². The Labute approximate surface area is 149 Å². The van der Waals surface area contributed by atoms with E-state index in [2.05, 4.69) is 30.2 Å². The lowest BCUT2D eigenvalue weighted by Gasteiger charge is -2.26. The van der Waals surface area contributed by atoms with Gasteiger partial charge in [0.2, 0.25) is 0 Å². The molecule has 1 aliphatic carbocycles. The SMILES string of the molecule is C#CCCN(C(=O)OCC1c2ccccc2-c2ccccc21)C(C)C. The van der Waals surface area contributed by atoms with Crippen molar-refractivity contribution in [3.05, 3.63) is 59.7 Å². The fourth-order valence-corrected chi connectivity index (χ4v) is 3.42. The minimum Gasteiger partial charge on any atom is -0.448 e. The summed E-state index contributed by atoms with van der Waals surface area (Å²) < 4.78 is 5.68. The number of rotatable bonds is 5. The van der Waals surface area contributed by atoms with Gasteiger partial charge in [-0.2, -0.15) is 0 Å². The van der Waals surface area contributed by atoms with Crippen molar-refractivity contribution in [1.82, 2.24) is 4.90 Å². The van der Waals surface area contributed by atoms with Gasteiger partial charge in [0.15, 0.2) is 0 Å². The van der Waals surface area contributed by atoms with Crippen molar-refractivity contribution in [1.29, 1.82) is 0 Å². The minimum absolute atomic E-state index is 0.0593. The molecule has 0 fully saturated rings. The zero-order chi connectivity index (χ0) is 17.8. The smallest absolute Gasteiger partial charge is 0.410 e. The average molecular weight is 333 g/mol. The number of ether oxygens (including phenoxy) is 1. The first-order valence-electron chi connectivity index (χ1n) is 8.68. The molecule has 0 spiro atoms. The quantitative estimate of drug-likeness (QED) is 0.744. The van der Waals surface area contributed by atoms with Gasteiger partial charge in [0.05, 0.1) is 0 Å². The number of fused-ring (bicyclic) bond motifs is 3. The first-order chi connectivity index (χ1) is 12.1. The molecule has 1 aliphatic rings. The van der Waals surface area contributed by atoms with Crippen LogP contribution in [0.5, 0.6) is 0 Å². The van der Waals surface area contributed by atoms with Crippen LogP contribution in [-0.2, 0) is 4.74 Å². The van der Waals surface area contributed by atoms with Crippen molar-refractivity contribution >= 4 is 6.09 Å². The number of amides is 1. The zero-order valence-corrected chi connectivity index (χ0v) is 14.7. The molecule has 0 saturated carbocycles. The van der Waals surface area contributed by atoms with Crippen LogP contribution in [0.15, 0.2) is 48.5 Å². The molecule has 0 saturated heterocycles. The van der Waals surface area contributed by atoms with Crippen LogP contribution in [0, 0.1) is 12.3 Å². The number of carbonyl (C=O) groups is 1. The number of benzene rings is 2. The summed E-state index contributed by atoms with van der Waals surface area (Å²) in [5.74, 6) is 2.66. The molecule has 3 nitrogen and oxygen atoms in total. The van der Waals surface area contributed by atoms with Gasteiger partial charge in [-0.1, -0.05) is 48.5 Å². The van der Waals surface area contributed by atoms with Gasteiger partial charge in [-0.3, -0.25) is 0 Å². The van der Waals surface area contributed by atoms with Crippen molar-refractivity contribution in [3.63, 3.8) is 0 Å². The summed E-state index contributed by atoms with van der Waals surface area (Å²) in [6.07, 6.45) is 5.56. The van der Waals surface area contributed by atoms with Crippen molar-refractivity contribution in [2.45, 2.75) is 32.2 Å². The van der Waals surface area contributed by atoms with Crippen LogP contribution in [-0.4, -0.2) is 30.2 Å². The summed E-state index contributed by atoms with van der Waals surface area (Å²) >= 11 is 0. The van der Waals surface area contributed by atoms with E-state index >= 15 is 0 Å². The highest BCUT2D eigenvalue weighted by Gasteiger charge is 2.29. The Morgan fingerprint density at radius 3 is 2.20 bits per heavy atom. The molecular weight excluding hydrogens is 310 g/mol. The van der Waals surface area contributed by atoms with E-state index in [4.69, 9.17) is 11.2 Å². The van der Waals surface area contributed by atoms with Gasteiger partial charge in [-0.15, -0.1) is 12.3 Å². The molecule has 3 rings (SSSR count). The second-order valence-electron chi connectivity index (χ2n) is 6.55. The first kappa shape index (κ1) is 17.1. The van der Waals surface area contributed by atoms with Crippen molar-refractivity contribution < 1.29 is 9.53 Å². The summed E-state index contributed by atoms with van der Waals surface area (Å²) in [4.78, 5) is 14.2. The van der Waals surface area contributed by atoms with Crippen LogP contribution < -0.4 is 0 Å². The van der Waals surface area contributed by atoms with Gasteiger partial charge in [0.1, 0.15) is 6.61 Å². The second kappa shape index (κ2) is 7.44. The van der Waals surface area contributed by atoms with Gasteiger partial charge in [-0.25, -0.2) is 4.79 Å². The number of hydrogen-bond acceptors (Lipinski definition) is 2. The molecule has 0 N–H and O–H groups in total. The van der Waals surface area contributed by atoms with E-state index in [9.17, 15) is 4.79 Å². The lowest BCUT2D eigenvalue weighted by molar-refractivity contribution is 0.0902. The van der Waals surface area contributed by atoms with Crippen LogP contribution in [0.25, 0.3) is 11.1 Å². The Kier molecular flexibility index (Phi) is 5.09. The predicted molar refractivity (Wildman–Crippen MR) is 100 cm³/mol. The minimum atomic E-state index is -0.299. The number of nitrogens with zero attached hydrogens (tertiary/aromatic N) is 1. The average Bonchev–Trinajstić information content (AvgIpc) is 2.94. The molecule has 25 heavy (non-hydrogen) atoms. The third-order valence-electron chi connectivity index (χ3n) is 4.69. The lowest BCUT2D eigenvalue weighted by Crippen LogP contribution is -2.38. The van der Waals surface area contributed by atoms with E-state index in [1.165, 1.54) is 22.3 Å². The van der Waals surface area contributed by atoms with Crippen LogP contribution in [0.2, 0.25) is 0 Å². The molecule has 0 unspecified atom stereocenters. The highest BCUT2D eigenvalue weighted by atomic mass is 16.6. The van der Waals surface area contributed by atoms with E-state index < -0.39 is 0 Å². The number of terminal acetylenes is 1. The van der Waals surface area contributed by atoms with Gasteiger partial charge in [-0.05, 0) is 36.1 Å². The Balaban J connectivity index is 1.77. The predicted octanol–water partition coefficient (Wildman–Crippen LogP) is 4.67. The van der Waals surface area contributed by atoms with Crippen LogP contribution in [0.1, 0.15) is 37.3 Å². The molecule has 0 radical (unpaired) electrons. The Morgan fingerprint density at radius 1 is 1.12 bits per heavy atom. The highest BCUT2D eigenvalue weighted by Crippen LogP contribution is 2.44. The first-order valence-corrected chi connectivity index (χ1v) is 8.68. The normalized spacial score (nSPS) is 12.4. The van der Waals surface area contributed by atoms with Gasteiger partial charge in [0, 0.05) is 24.9 Å². The van der Waals surface area contributed by atoms with Gasteiger partial charge >= 0.3 is 6.09 Å². The van der Waals surface area contributed by atoms with Crippen molar-refractivity contribution in [2.24, 2.45) is 0 Å². The molecule has 3 heteroatoms. The maximum Gasteiger partial charge on any atom is 0.410 e. The third kappa shape index (κ3) is 3.39. The fourth-order valence-electron chi connectivity index (χ4n) is 3.42. The summed E-state index contributed by atoms with van der Waals surface area (Å²) in [5, 5.41) is 0. The second-order valence-corrected chi connectivity index (χ2v) is 6.55. The number of carbonyl (C=O) groups excluding carboxylic acids is 1. The molecule has 0 aromatic heterocycles. The van der Waals surface area contributed by atoms with E-state index in [1.54, 1.807) is 4.90 Å². The molecule has 1 amide bonds. The Morgan fingerprint density at radius 2 is 1.68 bits per heavy atom. The molecule has 0 heterocycles. The standard InChI is InChI=1S/C22H23NO2/c1-4-5-14-23(16(2)3)22(24)25-15-21-19-12-8-6-10-17(19)18-11-7-9-13-20(18)21/h1,6-13,16,21H,5,14-15H2,2-3H3. The van der Waals surface area contributed by atoms with E-state index in [0.29, 0.717) is 19.6 Å². The Bertz CT molecular complexity index is 758. The molecule has 128 valence electrons. The van der Waals surface area contributed by atoms with Gasteiger partial charge < -0.3 is 9.64 Å². The zero-order valence-electron chi connectivity index (χ0n) is 14.7. The van der Waals surface area contributed by atoms with Crippen molar-refractivity contribution in [3.8, 4) is 23.5 Å². The van der Waals surface area contributed by atoms with Crippen molar-refractivity contribution in [2.75, 3.05) is 13.2 Å². The molecule has 0 bridgehead atoms. The third-order valence-corrected chi connectivity index (χ3v) is 4.69. The fraction of sp³-hybridized carbons (Fsp3) is 0.318. The van der Waals surface area contributed by atoms with E-state index in [0.717, 1.165) is 0 Å². The number of hydrogen-bond donors (Lipinski definition) is 0. The van der Waals surface area contributed by atoms with Gasteiger partial charge in [0.25, 0.3) is 0 Å². The molecule has 2 aromatic rings. The monoisotopic (exact) mass is 333 g/mol. The summed E-state index contributed by atoms with van der Waals surface area (Å²) in [6.45, 7) is 4.80. The lowest BCUT2D eigenvalue weighted by atomic mass is 9.98. The van der Waals surface area contributed by atoms with Crippen LogP contribution in [0.4, 0.5) is 4.79 Å². The molecular formula is C22H23NO2. The van der Waals surface area contributed by atoms with E-state index in [1.807, 2.05) is 38.1 Å². The highest BCUT2D eigenvalue weighted by molar-refractivity contribution is 5.79. The molecule has 0 atom stereocenters. The molecule has 0 aliphatic heterocycles. The summed E-state index contributed by atoms with van der Waals surface area (Å²) in [7, 11) is 0. The topological polar surface area (TPSA) is 29.5 Å². The molecule has 2 aromatic carbocycles. The largest absolute Gasteiger partial charge is 0.448 e. The summed E-state index contributed by atoms with van der Waals surface area (Å²) in [5.41, 5.74) is 4.90. The van der Waals surface area contributed by atoms with Crippen LogP contribution >= 0.6 is 0 Å². The maximum atomic E-state index is 12.5. The maximum absolute atomic E-state index is 12.5. The van der Waals surface area contributed by atoms with Crippen LogP contribution in [0.3, 0.4) is 0 Å². The summed E-state index contributed by atoms with van der Waals surface area (Å²) in [6, 6.07) is 16.7.